The van der Waals surface area contributed by atoms with E-state index in [-0.39, 0.29) is 0 Å². The lowest BCUT2D eigenvalue weighted by Crippen LogP contribution is -2.44. The van der Waals surface area contributed by atoms with Gasteiger partial charge in [-0.3, -0.25) is 4.98 Å². The van der Waals surface area contributed by atoms with Gasteiger partial charge in [-0.2, -0.15) is 0 Å². The van der Waals surface area contributed by atoms with Gasteiger partial charge in [-0.25, -0.2) is 39.9 Å². The number of piperidine rings is 2. The molecular weight excluding hydrogens is 1310 g/mol. The number of benzene rings is 3. The van der Waals surface area contributed by atoms with Gasteiger partial charge >= 0.3 is 0 Å². The summed E-state index contributed by atoms with van der Waals surface area (Å²) in [6, 6.07) is 29.3. The monoisotopic (exact) mass is 1400 g/mol. The Morgan fingerprint density at radius 1 is 0.485 bits per heavy atom. The summed E-state index contributed by atoms with van der Waals surface area (Å²) in [4.78, 5) is 56.8. The van der Waals surface area contributed by atoms with Gasteiger partial charge in [-0.05, 0) is 197 Å². The molecule has 3 saturated heterocycles. The zero-order valence-electron chi connectivity index (χ0n) is 57.7. The fourth-order valence-corrected chi connectivity index (χ4v) is 14.4. The standard InChI is InChI=1S/C26H31N7S.C26H30N6S.C23H24ClN7S/c1-16-5-6-20-22(13-16)29-24(34)14-18-15-27-26(31-25(18)20)30-21-7-8-23(28-17(21)2)33(4)19-9-11-32(3)12-10-19;1-16-4-5-21-22(10-16)29-24(33)13-19-14-28-26(31-25(19)21)30-23-15-27-20(11-17(23)2)12-18-6-8-32(3)9-7-18;1-14-18(5-6-20(26-14)31-9-7-30(2)8-10-31)28-23-25-13-15-11-21(32)27-19-12-16(24)3-4-17(19)22(15)29-23/h5-8,13,15,19H,9-12,14H2,1-4H3,(H,29,34)(H,27,30,31);4-5,10-11,14-15,18H,6-9,12-13H2,1-3H3,(H,29,33)(H,28,30,31);3-6,12-13H,7-11H2,1-2H3,(H,27,32)(H,25,28,29). The van der Waals surface area contributed by atoms with Crippen LogP contribution in [0.4, 0.5) is 63.6 Å². The summed E-state index contributed by atoms with van der Waals surface area (Å²) in [6.07, 6.45) is 15.2. The highest BCUT2D eigenvalue weighted by atomic mass is 35.5. The van der Waals surface area contributed by atoms with Crippen LogP contribution in [-0.2, 0) is 25.7 Å². The molecule has 6 aliphatic heterocycles. The first-order valence-electron chi connectivity index (χ1n) is 34.0. The molecule has 0 unspecified atom stereocenters. The second-order valence-corrected chi connectivity index (χ2v) is 28.9. The Balaban J connectivity index is 0.000000133. The fourth-order valence-electron chi connectivity index (χ4n) is 13.5. The molecule has 510 valence electrons. The Hall–Kier alpha value is -8.81. The number of fused-ring (bicyclic) bond motifs is 9. The van der Waals surface area contributed by atoms with E-state index in [1.165, 1.54) is 42.8 Å². The van der Waals surface area contributed by atoms with E-state index in [2.05, 4.69) is 187 Å². The molecule has 12 heterocycles. The molecule has 6 aromatic heterocycles. The fraction of sp³-hybridized carbons (Fsp3) is 0.360. The second-order valence-electron chi connectivity index (χ2n) is 27.0. The lowest BCUT2D eigenvalue weighted by molar-refractivity contribution is 0.218. The molecule has 0 aliphatic carbocycles. The van der Waals surface area contributed by atoms with E-state index in [0.717, 1.165) is 193 Å². The molecule has 20 nitrogen and oxygen atoms in total. The molecule has 0 spiro atoms. The van der Waals surface area contributed by atoms with Crippen molar-refractivity contribution < 1.29 is 0 Å². The molecule has 0 atom stereocenters. The van der Waals surface area contributed by atoms with Crippen molar-refractivity contribution in [2.24, 2.45) is 5.92 Å². The van der Waals surface area contributed by atoms with Crippen LogP contribution >= 0.6 is 48.3 Å². The summed E-state index contributed by atoms with van der Waals surface area (Å²) in [7, 11) is 8.69. The van der Waals surface area contributed by atoms with E-state index < -0.39 is 0 Å². The number of hydrogen-bond donors (Lipinski definition) is 6. The average Bonchev–Trinajstić information content (AvgIpc) is 1.79. The van der Waals surface area contributed by atoms with Crippen LogP contribution in [0.25, 0.3) is 33.8 Å². The first kappa shape index (κ1) is 68.7. The molecular formula is C75H85ClN20S3. The van der Waals surface area contributed by atoms with E-state index in [4.69, 9.17) is 78.2 Å². The van der Waals surface area contributed by atoms with E-state index in [9.17, 15) is 0 Å². The van der Waals surface area contributed by atoms with Crippen molar-refractivity contribution in [2.75, 3.05) is 122 Å². The van der Waals surface area contributed by atoms with E-state index in [1.807, 2.05) is 56.8 Å². The summed E-state index contributed by atoms with van der Waals surface area (Å²) >= 11 is 22.7. The number of halogens is 1. The number of aryl methyl sites for hydroxylation is 5. The first-order chi connectivity index (χ1) is 47.8. The van der Waals surface area contributed by atoms with Crippen LogP contribution in [0.15, 0.2) is 110 Å². The molecule has 24 heteroatoms. The third kappa shape index (κ3) is 16.6. The maximum atomic E-state index is 6.20. The van der Waals surface area contributed by atoms with Gasteiger partial charge in [-0.15, -0.1) is 0 Å². The molecule has 0 radical (unpaired) electrons. The number of thiocarbonyl (C=S) groups is 3. The Bertz CT molecular complexity index is 4530. The maximum absolute atomic E-state index is 6.20. The lowest BCUT2D eigenvalue weighted by Gasteiger charge is -2.35. The van der Waals surface area contributed by atoms with Crippen molar-refractivity contribution in [3.63, 3.8) is 0 Å². The highest BCUT2D eigenvalue weighted by molar-refractivity contribution is 7.81. The number of piperazine rings is 1. The minimum absolute atomic E-state index is 0.523. The van der Waals surface area contributed by atoms with Gasteiger partial charge in [-0.1, -0.05) is 72.5 Å². The largest absolute Gasteiger partial charge is 0.357 e. The number of likely N-dealkylation sites (N-methyl/N-ethyl adjacent to an activating group) is 1. The Kier molecular flexibility index (Phi) is 21.1. The highest BCUT2D eigenvalue weighted by Crippen LogP contribution is 2.39. The van der Waals surface area contributed by atoms with Crippen LogP contribution in [-0.4, -0.2) is 161 Å². The van der Waals surface area contributed by atoms with Gasteiger partial charge in [0, 0.05) is 138 Å². The van der Waals surface area contributed by atoms with Gasteiger partial charge in [0.1, 0.15) is 11.6 Å². The predicted octanol–water partition coefficient (Wildman–Crippen LogP) is 14.1. The molecule has 3 aromatic carbocycles. The van der Waals surface area contributed by atoms with Gasteiger partial charge in [0.15, 0.2) is 0 Å². The number of likely N-dealkylation sites (tertiary alicyclic amines) is 2. The number of nitrogens with zero attached hydrogens (tertiary/aromatic N) is 14. The maximum Gasteiger partial charge on any atom is 0.227 e. The zero-order chi connectivity index (χ0) is 69.0. The van der Waals surface area contributed by atoms with E-state index in [1.54, 1.807) is 0 Å². The number of rotatable bonds is 11. The number of aromatic nitrogens is 9. The summed E-state index contributed by atoms with van der Waals surface area (Å²) in [5.74, 6) is 4.39. The normalized spacial score (nSPS) is 16.3. The minimum atomic E-state index is 0.523. The topological polar surface area (TPSA) is 204 Å². The van der Waals surface area contributed by atoms with Crippen LogP contribution in [0, 0.1) is 40.5 Å². The number of pyridine rings is 3. The quantitative estimate of drug-likeness (QED) is 0.0666. The van der Waals surface area contributed by atoms with Crippen molar-refractivity contribution >= 4 is 127 Å². The molecule has 6 N–H and O–H groups in total. The van der Waals surface area contributed by atoms with Gasteiger partial charge in [0.05, 0.1) is 66.7 Å². The van der Waals surface area contributed by atoms with Crippen LogP contribution in [0.1, 0.15) is 76.1 Å². The zero-order valence-corrected chi connectivity index (χ0v) is 60.9. The lowest BCUT2D eigenvalue weighted by atomic mass is 9.92. The van der Waals surface area contributed by atoms with E-state index in [0.29, 0.717) is 48.2 Å². The van der Waals surface area contributed by atoms with Crippen LogP contribution in [0.3, 0.4) is 0 Å². The summed E-state index contributed by atoms with van der Waals surface area (Å²) in [6.45, 7) is 19.0. The molecule has 0 saturated carbocycles. The number of hydrogen-bond acceptors (Lipinski definition) is 20. The van der Waals surface area contributed by atoms with Gasteiger partial charge < -0.3 is 56.4 Å². The van der Waals surface area contributed by atoms with Crippen LogP contribution in [0.5, 0.6) is 0 Å². The van der Waals surface area contributed by atoms with Crippen LogP contribution < -0.4 is 41.7 Å². The minimum Gasteiger partial charge on any atom is -0.357 e. The van der Waals surface area contributed by atoms with Crippen molar-refractivity contribution in [1.29, 1.82) is 0 Å². The third-order valence-corrected chi connectivity index (χ3v) is 20.3. The van der Waals surface area contributed by atoms with Crippen molar-refractivity contribution in [3.05, 3.63) is 165 Å². The number of nitrogens with one attached hydrogen (secondary N) is 6. The molecule has 99 heavy (non-hydrogen) atoms. The molecule has 0 bridgehead atoms. The van der Waals surface area contributed by atoms with E-state index >= 15 is 0 Å². The van der Waals surface area contributed by atoms with Crippen LogP contribution in [0.2, 0.25) is 5.02 Å². The van der Waals surface area contributed by atoms with Crippen molar-refractivity contribution in [1.82, 2.24) is 59.6 Å². The summed E-state index contributed by atoms with van der Waals surface area (Å²) in [5.41, 5.74) is 20.9. The van der Waals surface area contributed by atoms with Gasteiger partial charge in [0.25, 0.3) is 0 Å². The number of anilines is 11. The smallest absolute Gasteiger partial charge is 0.227 e. The average molecular weight is 1400 g/mol. The Labute approximate surface area is 601 Å². The Morgan fingerprint density at radius 2 is 0.939 bits per heavy atom. The molecule has 3 fully saturated rings. The third-order valence-electron chi connectivity index (χ3n) is 19.4. The Morgan fingerprint density at radius 3 is 1.43 bits per heavy atom. The summed E-state index contributed by atoms with van der Waals surface area (Å²) < 4.78 is 0. The SMILES string of the molecule is Cc1ccc2c(c1)NC(=S)Cc1cnc(Nc3ccc(N(C)C4CCN(C)CC4)nc3C)nc1-2.Cc1ccc2c(c1)NC(=S)Cc1cnc(Nc3cnc(CC4CCN(C)CC4)cc3C)nc1-2.Cc1nc(N2CCN(C)CC2)ccc1Nc1ncc2c(n1)-c1ccc(Cl)cc1NC(=S)C2. The molecule has 0 amide bonds. The first-order valence-corrected chi connectivity index (χ1v) is 35.6. The predicted molar refractivity (Wildman–Crippen MR) is 416 cm³/mol. The van der Waals surface area contributed by atoms with Gasteiger partial charge in [0.2, 0.25) is 17.8 Å². The molecule has 15 rings (SSSR count). The highest BCUT2D eigenvalue weighted by Gasteiger charge is 2.27. The second kappa shape index (κ2) is 30.3. The summed E-state index contributed by atoms with van der Waals surface area (Å²) in [5, 5.41) is 20.8. The molecule has 6 aliphatic rings. The van der Waals surface area contributed by atoms with Crippen molar-refractivity contribution in [2.45, 2.75) is 92.0 Å². The molecule has 9 aromatic rings. The van der Waals surface area contributed by atoms with Crippen molar-refractivity contribution in [3.8, 4) is 33.8 Å².